The Morgan fingerprint density at radius 3 is 1.00 bits per heavy atom. The summed E-state index contributed by atoms with van der Waals surface area (Å²) in [7, 11) is 0. The summed E-state index contributed by atoms with van der Waals surface area (Å²) in [5.41, 5.74) is 0. The smallest absolute Gasteiger partial charge is 0.0417 e. The Morgan fingerprint density at radius 1 is 0.370 bits per heavy atom. The number of unbranched alkanes of at least 4 members (excludes halogenated alkanes) is 12. The summed E-state index contributed by atoms with van der Waals surface area (Å²) >= 11 is 0. The number of rotatable bonds is 20. The van der Waals surface area contributed by atoms with E-state index in [0.29, 0.717) is 0 Å². The van der Waals surface area contributed by atoms with Crippen LogP contribution in [0.3, 0.4) is 0 Å². The lowest BCUT2D eigenvalue weighted by Crippen LogP contribution is -2.08. The molecule has 27 heavy (non-hydrogen) atoms. The molecule has 164 valence electrons. The van der Waals surface area contributed by atoms with Gasteiger partial charge in [0.1, 0.15) is 0 Å². The van der Waals surface area contributed by atoms with Gasteiger partial charge in [-0.15, -0.1) is 0 Å². The van der Waals surface area contributed by atoms with Crippen molar-refractivity contribution < 1.29 is 0 Å². The molecule has 0 aliphatic heterocycles. The lowest BCUT2D eigenvalue weighted by molar-refractivity contribution is 0.322. The molecule has 0 saturated heterocycles. The highest BCUT2D eigenvalue weighted by Gasteiger charge is 2.11. The van der Waals surface area contributed by atoms with Gasteiger partial charge in [-0.25, -0.2) is 0 Å². The standard InChI is InChI=1S/C27H56/c1-7-8-9-10-15-19-22-26(5)27(6)23-20-17-14-12-11-13-16-18-21-25(4)24(2)3/h24-27H,7-23H2,1-6H3. The third kappa shape index (κ3) is 17.8. The van der Waals surface area contributed by atoms with Crippen molar-refractivity contribution in [2.45, 2.75) is 151 Å². The van der Waals surface area contributed by atoms with Crippen LogP contribution in [0, 0.1) is 23.7 Å². The van der Waals surface area contributed by atoms with Gasteiger partial charge in [0.05, 0.1) is 0 Å². The fraction of sp³-hybridized carbons (Fsp3) is 1.00. The molecule has 0 aromatic heterocycles. The first-order valence-electron chi connectivity index (χ1n) is 13.0. The molecule has 0 spiro atoms. The predicted molar refractivity (Wildman–Crippen MR) is 126 cm³/mol. The highest BCUT2D eigenvalue weighted by molar-refractivity contribution is 4.63. The van der Waals surface area contributed by atoms with Crippen LogP contribution >= 0.6 is 0 Å². The van der Waals surface area contributed by atoms with Crippen LogP contribution in [0.1, 0.15) is 151 Å². The molecule has 0 aliphatic rings. The van der Waals surface area contributed by atoms with Gasteiger partial charge >= 0.3 is 0 Å². The Labute approximate surface area is 174 Å². The molecule has 0 N–H and O–H groups in total. The van der Waals surface area contributed by atoms with Crippen LogP contribution in [0.4, 0.5) is 0 Å². The molecule has 0 fully saturated rings. The summed E-state index contributed by atoms with van der Waals surface area (Å²) in [5.74, 6) is 3.64. The lowest BCUT2D eigenvalue weighted by atomic mass is 9.86. The van der Waals surface area contributed by atoms with Gasteiger partial charge in [0.15, 0.2) is 0 Å². The van der Waals surface area contributed by atoms with Gasteiger partial charge < -0.3 is 0 Å². The molecule has 0 heterocycles. The first kappa shape index (κ1) is 27.0. The van der Waals surface area contributed by atoms with Crippen molar-refractivity contribution >= 4 is 0 Å². The fourth-order valence-corrected chi connectivity index (χ4v) is 4.14. The summed E-state index contributed by atoms with van der Waals surface area (Å²) in [4.78, 5) is 0. The third-order valence-corrected chi connectivity index (χ3v) is 7.19. The minimum atomic E-state index is 0.862. The minimum Gasteiger partial charge on any atom is -0.0654 e. The van der Waals surface area contributed by atoms with E-state index in [1.807, 2.05) is 0 Å². The molecule has 0 aliphatic carbocycles. The second-order valence-corrected chi connectivity index (χ2v) is 10.1. The van der Waals surface area contributed by atoms with E-state index >= 15 is 0 Å². The second kappa shape index (κ2) is 19.3. The Balaban J connectivity index is 3.36. The van der Waals surface area contributed by atoms with E-state index in [9.17, 15) is 0 Å². The van der Waals surface area contributed by atoms with Crippen molar-refractivity contribution in [2.24, 2.45) is 23.7 Å². The van der Waals surface area contributed by atoms with Crippen LogP contribution in [-0.2, 0) is 0 Å². The van der Waals surface area contributed by atoms with Gasteiger partial charge in [-0.05, 0) is 23.7 Å². The van der Waals surface area contributed by atoms with E-state index in [1.165, 1.54) is 109 Å². The summed E-state index contributed by atoms with van der Waals surface area (Å²) in [6.45, 7) is 14.4. The van der Waals surface area contributed by atoms with Crippen LogP contribution in [0.2, 0.25) is 0 Å². The predicted octanol–water partition coefficient (Wildman–Crippen LogP) is 10.2. The van der Waals surface area contributed by atoms with Crippen LogP contribution < -0.4 is 0 Å². The first-order chi connectivity index (χ1) is 13.0. The number of hydrogen-bond acceptors (Lipinski definition) is 0. The molecule has 3 atom stereocenters. The van der Waals surface area contributed by atoms with Crippen LogP contribution in [0.15, 0.2) is 0 Å². The normalized spacial score (nSPS) is 15.2. The minimum absolute atomic E-state index is 0.862. The van der Waals surface area contributed by atoms with E-state index in [1.54, 1.807) is 0 Å². The highest BCUT2D eigenvalue weighted by Crippen LogP contribution is 2.24. The maximum atomic E-state index is 2.50. The van der Waals surface area contributed by atoms with E-state index in [-0.39, 0.29) is 0 Å². The van der Waals surface area contributed by atoms with E-state index in [4.69, 9.17) is 0 Å². The van der Waals surface area contributed by atoms with E-state index < -0.39 is 0 Å². The van der Waals surface area contributed by atoms with Gasteiger partial charge in [0, 0.05) is 0 Å². The van der Waals surface area contributed by atoms with Gasteiger partial charge in [-0.2, -0.15) is 0 Å². The van der Waals surface area contributed by atoms with Gasteiger partial charge in [-0.1, -0.05) is 151 Å². The zero-order chi connectivity index (χ0) is 20.3. The molecular weight excluding hydrogens is 324 g/mol. The highest BCUT2D eigenvalue weighted by atomic mass is 14.2. The Bertz CT molecular complexity index is 280. The largest absolute Gasteiger partial charge is 0.0654 e. The van der Waals surface area contributed by atoms with Crippen molar-refractivity contribution in [3.8, 4) is 0 Å². The Hall–Kier alpha value is 0. The van der Waals surface area contributed by atoms with Crippen molar-refractivity contribution in [2.75, 3.05) is 0 Å². The molecule has 0 amide bonds. The fourth-order valence-electron chi connectivity index (χ4n) is 4.14. The molecule has 0 radical (unpaired) electrons. The zero-order valence-corrected chi connectivity index (χ0v) is 20.3. The van der Waals surface area contributed by atoms with Crippen molar-refractivity contribution in [3.63, 3.8) is 0 Å². The molecule has 0 bridgehead atoms. The summed E-state index contributed by atoms with van der Waals surface area (Å²) in [6, 6.07) is 0. The van der Waals surface area contributed by atoms with E-state index in [2.05, 4.69) is 41.5 Å². The SMILES string of the molecule is CCCCCCCCC(C)C(C)CCCCCCCCCCC(C)C(C)C. The van der Waals surface area contributed by atoms with Crippen molar-refractivity contribution in [3.05, 3.63) is 0 Å². The average Bonchev–Trinajstić information content (AvgIpc) is 2.65. The lowest BCUT2D eigenvalue weighted by Gasteiger charge is -2.19. The monoisotopic (exact) mass is 380 g/mol. The van der Waals surface area contributed by atoms with Gasteiger partial charge in [-0.3, -0.25) is 0 Å². The van der Waals surface area contributed by atoms with Crippen LogP contribution in [0.25, 0.3) is 0 Å². The Morgan fingerprint density at radius 2 is 0.667 bits per heavy atom. The van der Waals surface area contributed by atoms with Gasteiger partial charge in [0.2, 0.25) is 0 Å². The second-order valence-electron chi connectivity index (χ2n) is 10.1. The van der Waals surface area contributed by atoms with Crippen LogP contribution in [-0.4, -0.2) is 0 Å². The Kier molecular flexibility index (Phi) is 19.3. The van der Waals surface area contributed by atoms with Crippen molar-refractivity contribution in [1.82, 2.24) is 0 Å². The van der Waals surface area contributed by atoms with Crippen molar-refractivity contribution in [1.29, 1.82) is 0 Å². The average molecular weight is 381 g/mol. The third-order valence-electron chi connectivity index (χ3n) is 7.19. The summed E-state index contributed by atoms with van der Waals surface area (Å²) < 4.78 is 0. The molecular formula is C27H56. The molecule has 0 aromatic rings. The quantitative estimate of drug-likeness (QED) is 0.184. The van der Waals surface area contributed by atoms with Gasteiger partial charge in [0.25, 0.3) is 0 Å². The molecule has 3 unspecified atom stereocenters. The summed E-state index contributed by atoms with van der Waals surface area (Å²) in [5, 5.41) is 0. The van der Waals surface area contributed by atoms with E-state index in [0.717, 1.165) is 23.7 Å². The molecule has 0 saturated carbocycles. The molecule has 0 heteroatoms. The summed E-state index contributed by atoms with van der Waals surface area (Å²) in [6.07, 6.45) is 24.7. The van der Waals surface area contributed by atoms with Crippen LogP contribution in [0.5, 0.6) is 0 Å². The number of hydrogen-bond donors (Lipinski definition) is 0. The zero-order valence-electron chi connectivity index (χ0n) is 20.3. The molecule has 0 rings (SSSR count). The maximum Gasteiger partial charge on any atom is -0.0417 e. The molecule has 0 aromatic carbocycles. The topological polar surface area (TPSA) is 0 Å². The molecule has 0 nitrogen and oxygen atoms in total. The first-order valence-corrected chi connectivity index (χ1v) is 13.0. The maximum absolute atomic E-state index is 2.50.